The number of alkyl halides is 2. The summed E-state index contributed by atoms with van der Waals surface area (Å²) in [6.07, 6.45) is 0.608. The Labute approximate surface area is 200 Å². The summed E-state index contributed by atoms with van der Waals surface area (Å²) in [7, 11) is 1.10. The lowest BCUT2D eigenvalue weighted by atomic mass is 9.82. The number of nitrogens with one attached hydrogen (secondary N) is 1. The van der Waals surface area contributed by atoms with Crippen LogP contribution in [0.15, 0.2) is 46.0 Å². The van der Waals surface area contributed by atoms with Crippen molar-refractivity contribution in [2.45, 2.75) is 30.8 Å². The number of methoxy groups -OCH3 is 1. The Morgan fingerprint density at radius 2 is 2.06 bits per heavy atom. The molecule has 2 aliphatic heterocycles. The highest BCUT2D eigenvalue weighted by Crippen LogP contribution is 2.40. The molecule has 4 rings (SSSR count). The van der Waals surface area contributed by atoms with Crippen molar-refractivity contribution in [1.29, 1.82) is 0 Å². The van der Waals surface area contributed by atoms with Gasteiger partial charge in [0.25, 0.3) is 5.92 Å². The van der Waals surface area contributed by atoms with Gasteiger partial charge in [-0.05, 0) is 24.6 Å². The fourth-order valence-electron chi connectivity index (χ4n) is 4.30. The van der Waals surface area contributed by atoms with Crippen molar-refractivity contribution < 1.29 is 37.0 Å². The number of carbonyl (C=O) groups is 2. The molecule has 1 fully saturated rings. The molecule has 0 unspecified atom stereocenters. The van der Waals surface area contributed by atoms with E-state index in [4.69, 9.17) is 4.74 Å². The minimum atomic E-state index is -3.25. The zero-order chi connectivity index (χ0) is 25.5. The van der Waals surface area contributed by atoms with Gasteiger partial charge in [-0.1, -0.05) is 6.07 Å². The van der Waals surface area contributed by atoms with Crippen molar-refractivity contribution in [3.8, 4) is 0 Å². The van der Waals surface area contributed by atoms with Crippen molar-refractivity contribution in [3.63, 3.8) is 0 Å². The number of nitrogens with zero attached hydrogens (tertiary/aromatic N) is 3. The van der Waals surface area contributed by atoms with Crippen LogP contribution < -0.4 is 5.32 Å². The first kappa shape index (κ1) is 24.8. The molecule has 2 aliphatic rings. The maximum atomic E-state index is 14.2. The van der Waals surface area contributed by atoms with E-state index in [1.54, 1.807) is 5.38 Å². The van der Waals surface area contributed by atoms with Gasteiger partial charge < -0.3 is 15.2 Å². The van der Waals surface area contributed by atoms with Crippen molar-refractivity contribution in [2.24, 2.45) is 4.99 Å². The van der Waals surface area contributed by atoms with Gasteiger partial charge in [0.15, 0.2) is 22.5 Å². The van der Waals surface area contributed by atoms with E-state index >= 15 is 0 Å². The van der Waals surface area contributed by atoms with Gasteiger partial charge in [-0.3, -0.25) is 9.69 Å². The highest BCUT2D eigenvalue weighted by Gasteiger charge is 2.50. The lowest BCUT2D eigenvalue weighted by Gasteiger charge is -2.36. The number of ether oxygens (including phenoxy) is 1. The third kappa shape index (κ3) is 4.65. The summed E-state index contributed by atoms with van der Waals surface area (Å²) >= 11 is 1.19. The van der Waals surface area contributed by atoms with Crippen LogP contribution in [0.5, 0.6) is 0 Å². The highest BCUT2D eigenvalue weighted by molar-refractivity contribution is 7.11. The van der Waals surface area contributed by atoms with Gasteiger partial charge in [0, 0.05) is 30.2 Å². The number of rotatable bonds is 6. The van der Waals surface area contributed by atoms with E-state index in [0.717, 1.165) is 24.1 Å². The number of benzene rings is 1. The Morgan fingerprint density at radius 3 is 2.66 bits per heavy atom. The fourth-order valence-corrected chi connectivity index (χ4v) is 4.88. The van der Waals surface area contributed by atoms with Crippen LogP contribution in [0.1, 0.15) is 23.9 Å². The smallest absolute Gasteiger partial charge is 0.338 e. The van der Waals surface area contributed by atoms with Crippen LogP contribution in [0, 0.1) is 11.6 Å². The van der Waals surface area contributed by atoms with E-state index in [1.165, 1.54) is 30.5 Å². The SMILES string of the molecule is COC(=O)C1=C(CN2CC(F)(F)C[C@H]2C(=O)O)NC(c2nccs2)=N[C@@]1(C)c1ccc(F)c(F)c1. The quantitative estimate of drug-likeness (QED) is 0.453. The van der Waals surface area contributed by atoms with Crippen molar-refractivity contribution >= 4 is 29.1 Å². The van der Waals surface area contributed by atoms with Gasteiger partial charge in [-0.25, -0.2) is 32.3 Å². The number of aliphatic carboxylic acids is 1. The third-order valence-electron chi connectivity index (χ3n) is 5.91. The average Bonchev–Trinajstić information content (AvgIpc) is 3.42. The number of carboxylic acid groups (broad SMARTS) is 1. The summed E-state index contributed by atoms with van der Waals surface area (Å²) in [5.41, 5.74) is -1.69. The highest BCUT2D eigenvalue weighted by atomic mass is 32.1. The number of thiazole rings is 1. The van der Waals surface area contributed by atoms with Crippen LogP contribution in [0.2, 0.25) is 0 Å². The number of aromatic nitrogens is 1. The topological polar surface area (TPSA) is 104 Å². The summed E-state index contributed by atoms with van der Waals surface area (Å²) < 4.78 is 61.1. The van der Waals surface area contributed by atoms with E-state index in [2.05, 4.69) is 15.3 Å². The predicted molar refractivity (Wildman–Crippen MR) is 117 cm³/mol. The molecule has 13 heteroatoms. The molecule has 0 radical (unpaired) electrons. The molecule has 35 heavy (non-hydrogen) atoms. The van der Waals surface area contributed by atoms with E-state index in [9.17, 15) is 32.3 Å². The lowest BCUT2D eigenvalue weighted by Crippen LogP contribution is -2.46. The largest absolute Gasteiger partial charge is 0.480 e. The van der Waals surface area contributed by atoms with Gasteiger partial charge in [0.2, 0.25) is 0 Å². The molecule has 1 aromatic heterocycles. The number of hydrogen-bond acceptors (Lipinski definition) is 8. The molecule has 2 N–H and O–H groups in total. The Morgan fingerprint density at radius 1 is 1.31 bits per heavy atom. The molecule has 0 aliphatic carbocycles. The summed E-state index contributed by atoms with van der Waals surface area (Å²) in [5, 5.41) is 14.4. The van der Waals surface area contributed by atoms with Crippen LogP contribution in [-0.4, -0.2) is 64.9 Å². The molecule has 2 atom stereocenters. The Bertz CT molecular complexity index is 1230. The molecular weight excluding hydrogens is 492 g/mol. The molecule has 2 aromatic rings. The molecule has 3 heterocycles. The Hall–Kier alpha value is -3.32. The van der Waals surface area contributed by atoms with Crippen molar-refractivity contribution in [3.05, 3.63) is 63.3 Å². The Kier molecular flexibility index (Phi) is 6.40. The second kappa shape index (κ2) is 9.04. The molecule has 0 amide bonds. The minimum Gasteiger partial charge on any atom is -0.480 e. The molecule has 1 aromatic carbocycles. The number of hydrogen-bond donors (Lipinski definition) is 2. The number of carboxylic acids is 1. The summed E-state index contributed by atoms with van der Waals surface area (Å²) in [4.78, 5) is 34.4. The summed E-state index contributed by atoms with van der Waals surface area (Å²) in [5.74, 6) is -7.73. The molecule has 0 saturated carbocycles. The minimum absolute atomic E-state index is 0.0354. The fraction of sp³-hybridized carbons (Fsp3) is 0.364. The summed E-state index contributed by atoms with van der Waals surface area (Å²) in [6, 6.07) is 1.51. The number of halogens is 4. The standard InChI is InChI=1S/C22H20F4N4O4S/c1-21(11-3-4-12(23)13(24)7-11)16(20(33)34-2)14(28-17(29-21)18-27-5-6-35-18)9-30-10-22(25,26)8-15(30)19(31)32/h3-7,15H,8-10H2,1-2H3,(H,28,29)(H,31,32)/t15-,21-/m0/s1. The van der Waals surface area contributed by atoms with Gasteiger partial charge in [-0.2, -0.15) is 0 Å². The number of likely N-dealkylation sites (tertiary alicyclic amines) is 1. The van der Waals surface area contributed by atoms with Crippen molar-refractivity contribution in [1.82, 2.24) is 15.2 Å². The van der Waals surface area contributed by atoms with E-state index < -0.39 is 60.6 Å². The number of esters is 1. The maximum absolute atomic E-state index is 14.2. The van der Waals surface area contributed by atoms with Gasteiger partial charge in [0.05, 0.1) is 19.2 Å². The van der Waals surface area contributed by atoms with Gasteiger partial charge in [0.1, 0.15) is 11.6 Å². The van der Waals surface area contributed by atoms with Crippen LogP contribution in [0.25, 0.3) is 0 Å². The van der Waals surface area contributed by atoms with Gasteiger partial charge >= 0.3 is 11.9 Å². The molecular formula is C22H20F4N4O4S. The zero-order valence-electron chi connectivity index (χ0n) is 18.5. The first-order valence-electron chi connectivity index (χ1n) is 10.3. The van der Waals surface area contributed by atoms with Gasteiger partial charge in [-0.15, -0.1) is 11.3 Å². The number of amidine groups is 1. The van der Waals surface area contributed by atoms with Crippen LogP contribution in [-0.2, 0) is 19.9 Å². The monoisotopic (exact) mass is 512 g/mol. The van der Waals surface area contributed by atoms with E-state index in [0.29, 0.717) is 5.01 Å². The van der Waals surface area contributed by atoms with E-state index in [-0.39, 0.29) is 22.7 Å². The molecule has 0 spiro atoms. The predicted octanol–water partition coefficient (Wildman–Crippen LogP) is 2.91. The average molecular weight is 512 g/mol. The second-order valence-corrected chi connectivity index (χ2v) is 9.18. The number of aliphatic imine (C=N–C) groups is 1. The zero-order valence-corrected chi connectivity index (χ0v) is 19.3. The lowest BCUT2D eigenvalue weighted by molar-refractivity contribution is -0.142. The number of carbonyl (C=O) groups excluding carboxylic acids is 1. The van der Waals surface area contributed by atoms with Crippen molar-refractivity contribution in [2.75, 3.05) is 20.2 Å². The first-order chi connectivity index (χ1) is 16.4. The van der Waals surface area contributed by atoms with Crippen LogP contribution >= 0.6 is 11.3 Å². The molecule has 8 nitrogen and oxygen atoms in total. The Balaban J connectivity index is 1.89. The summed E-state index contributed by atoms with van der Waals surface area (Å²) in [6.45, 7) is 0.212. The maximum Gasteiger partial charge on any atom is 0.338 e. The second-order valence-electron chi connectivity index (χ2n) is 8.29. The first-order valence-corrected chi connectivity index (χ1v) is 11.2. The van der Waals surface area contributed by atoms with E-state index in [1.807, 2.05) is 0 Å². The molecule has 186 valence electrons. The molecule has 0 bridgehead atoms. The third-order valence-corrected chi connectivity index (χ3v) is 6.69. The van der Waals surface area contributed by atoms with Crippen LogP contribution in [0.3, 0.4) is 0 Å². The van der Waals surface area contributed by atoms with Crippen LogP contribution in [0.4, 0.5) is 17.6 Å². The normalized spacial score (nSPS) is 24.2. The molecule has 1 saturated heterocycles.